The molecule has 0 bridgehead atoms. The zero-order valence-electron chi connectivity index (χ0n) is 13.6. The highest BCUT2D eigenvalue weighted by molar-refractivity contribution is 5.16. The van der Waals surface area contributed by atoms with Crippen LogP contribution in [0.1, 0.15) is 64.5 Å². The average molecular weight is 292 g/mol. The molecule has 1 aromatic rings. The first-order chi connectivity index (χ1) is 10.1. The van der Waals surface area contributed by atoms with Gasteiger partial charge in [-0.25, -0.2) is 4.39 Å². The highest BCUT2D eigenvalue weighted by Crippen LogP contribution is 2.39. The van der Waals surface area contributed by atoms with Crippen molar-refractivity contribution in [1.29, 1.82) is 0 Å². The van der Waals surface area contributed by atoms with Crippen LogP contribution >= 0.6 is 0 Å². The number of rotatable bonds is 6. The topological polar surface area (TPSA) is 24.9 Å². The van der Waals surface area contributed by atoms with Gasteiger partial charge in [0.05, 0.1) is 6.20 Å². The van der Waals surface area contributed by atoms with Crippen molar-refractivity contribution in [2.45, 2.75) is 58.9 Å². The molecule has 1 fully saturated rings. The third-order valence-corrected chi connectivity index (χ3v) is 4.93. The molecule has 0 spiro atoms. The number of aromatic nitrogens is 1. The summed E-state index contributed by atoms with van der Waals surface area (Å²) >= 11 is 0. The standard InChI is InChI=1S/C18H29FN2/c1-4-9-21-18(16-10-17(19)12-20-11-16)15-7-5-14(6-8-15)13(2)3/h10-15,18,21H,4-9H2,1-3H3. The molecule has 1 atom stereocenters. The smallest absolute Gasteiger partial charge is 0.141 e. The second-order valence-corrected chi connectivity index (χ2v) is 6.79. The summed E-state index contributed by atoms with van der Waals surface area (Å²) in [6, 6.07) is 1.90. The van der Waals surface area contributed by atoms with Crippen molar-refractivity contribution in [3.05, 3.63) is 29.8 Å². The van der Waals surface area contributed by atoms with Crippen LogP contribution in [0, 0.1) is 23.6 Å². The van der Waals surface area contributed by atoms with Crippen molar-refractivity contribution < 1.29 is 4.39 Å². The van der Waals surface area contributed by atoms with E-state index in [0.29, 0.717) is 5.92 Å². The summed E-state index contributed by atoms with van der Waals surface area (Å²) in [6.07, 6.45) is 9.29. The largest absolute Gasteiger partial charge is 0.310 e. The van der Waals surface area contributed by atoms with E-state index in [2.05, 4.69) is 31.1 Å². The summed E-state index contributed by atoms with van der Waals surface area (Å²) in [6.45, 7) is 7.80. The van der Waals surface area contributed by atoms with Crippen molar-refractivity contribution in [1.82, 2.24) is 10.3 Å². The van der Waals surface area contributed by atoms with Gasteiger partial charge in [0, 0.05) is 12.2 Å². The monoisotopic (exact) mass is 292 g/mol. The minimum absolute atomic E-state index is 0.230. The Hall–Kier alpha value is -0.960. The number of halogens is 1. The number of nitrogens with zero attached hydrogens (tertiary/aromatic N) is 1. The summed E-state index contributed by atoms with van der Waals surface area (Å²) in [5, 5.41) is 3.62. The third-order valence-electron chi connectivity index (χ3n) is 4.93. The van der Waals surface area contributed by atoms with E-state index in [1.54, 1.807) is 6.07 Å². The van der Waals surface area contributed by atoms with Crippen LogP contribution in [0.2, 0.25) is 0 Å². The molecule has 0 amide bonds. The fraction of sp³-hybridized carbons (Fsp3) is 0.722. The Morgan fingerprint density at radius 3 is 2.43 bits per heavy atom. The maximum absolute atomic E-state index is 13.5. The van der Waals surface area contributed by atoms with Crippen molar-refractivity contribution >= 4 is 0 Å². The first-order valence-electron chi connectivity index (χ1n) is 8.45. The lowest BCUT2D eigenvalue weighted by Crippen LogP contribution is -2.32. The van der Waals surface area contributed by atoms with Gasteiger partial charge in [0.2, 0.25) is 0 Å². The van der Waals surface area contributed by atoms with Gasteiger partial charge in [-0.15, -0.1) is 0 Å². The van der Waals surface area contributed by atoms with Crippen molar-refractivity contribution in [2.24, 2.45) is 17.8 Å². The molecule has 1 aliphatic rings. The van der Waals surface area contributed by atoms with Crippen LogP contribution < -0.4 is 5.32 Å². The summed E-state index contributed by atoms with van der Waals surface area (Å²) in [4.78, 5) is 4.04. The molecule has 1 unspecified atom stereocenters. The second kappa shape index (κ2) is 7.88. The third kappa shape index (κ3) is 4.50. The Morgan fingerprint density at radius 1 is 1.19 bits per heavy atom. The van der Waals surface area contributed by atoms with Crippen molar-refractivity contribution in [3.8, 4) is 0 Å². The number of hydrogen-bond donors (Lipinski definition) is 1. The van der Waals surface area contributed by atoms with E-state index in [0.717, 1.165) is 30.4 Å². The molecule has 21 heavy (non-hydrogen) atoms. The zero-order valence-corrected chi connectivity index (χ0v) is 13.6. The first kappa shape index (κ1) is 16.4. The van der Waals surface area contributed by atoms with Gasteiger partial charge in [0.25, 0.3) is 0 Å². The van der Waals surface area contributed by atoms with Crippen molar-refractivity contribution in [3.63, 3.8) is 0 Å². The normalized spacial score (nSPS) is 24.2. The molecule has 1 aliphatic carbocycles. The molecular formula is C18H29FN2. The lowest BCUT2D eigenvalue weighted by atomic mass is 9.73. The number of hydrogen-bond acceptors (Lipinski definition) is 2. The average Bonchev–Trinajstić information content (AvgIpc) is 2.48. The second-order valence-electron chi connectivity index (χ2n) is 6.79. The van der Waals surface area contributed by atoms with Gasteiger partial charge < -0.3 is 5.32 Å². The van der Waals surface area contributed by atoms with Gasteiger partial charge in [-0.05, 0) is 68.0 Å². The van der Waals surface area contributed by atoms with E-state index < -0.39 is 0 Å². The fourth-order valence-electron chi connectivity index (χ4n) is 3.60. The Labute approximate surface area is 128 Å². The van der Waals surface area contributed by atoms with Crippen LogP contribution in [0.15, 0.2) is 18.5 Å². The summed E-state index contributed by atoms with van der Waals surface area (Å²) in [7, 11) is 0. The van der Waals surface area contributed by atoms with Crippen LogP contribution in [-0.4, -0.2) is 11.5 Å². The predicted molar refractivity (Wildman–Crippen MR) is 85.5 cm³/mol. The van der Waals surface area contributed by atoms with Gasteiger partial charge >= 0.3 is 0 Å². The molecule has 3 heteroatoms. The van der Waals surface area contributed by atoms with Crippen LogP contribution in [0.5, 0.6) is 0 Å². The van der Waals surface area contributed by atoms with E-state index in [1.807, 2.05) is 6.20 Å². The van der Waals surface area contributed by atoms with Gasteiger partial charge in [-0.3, -0.25) is 4.98 Å². The molecule has 2 rings (SSSR count). The van der Waals surface area contributed by atoms with Gasteiger partial charge in [0.1, 0.15) is 5.82 Å². The minimum Gasteiger partial charge on any atom is -0.310 e. The summed E-state index contributed by atoms with van der Waals surface area (Å²) in [5.74, 6) is 2.02. The molecule has 1 aromatic heterocycles. The van der Waals surface area contributed by atoms with Crippen LogP contribution in [0.3, 0.4) is 0 Å². The van der Waals surface area contributed by atoms with E-state index in [-0.39, 0.29) is 11.9 Å². The lowest BCUT2D eigenvalue weighted by molar-refractivity contribution is 0.188. The lowest BCUT2D eigenvalue weighted by Gasteiger charge is -2.36. The van der Waals surface area contributed by atoms with E-state index in [9.17, 15) is 4.39 Å². The molecular weight excluding hydrogens is 263 g/mol. The maximum atomic E-state index is 13.5. The number of nitrogens with one attached hydrogen (secondary N) is 1. The molecule has 0 aliphatic heterocycles. The van der Waals surface area contributed by atoms with Crippen molar-refractivity contribution in [2.75, 3.05) is 6.54 Å². The van der Waals surface area contributed by atoms with Gasteiger partial charge in [0.15, 0.2) is 0 Å². The molecule has 0 aromatic carbocycles. The summed E-state index contributed by atoms with van der Waals surface area (Å²) in [5.41, 5.74) is 1.01. The molecule has 1 saturated carbocycles. The minimum atomic E-state index is -0.230. The molecule has 118 valence electrons. The quantitative estimate of drug-likeness (QED) is 0.820. The zero-order chi connectivity index (χ0) is 15.2. The molecule has 1 heterocycles. The van der Waals surface area contributed by atoms with E-state index >= 15 is 0 Å². The summed E-state index contributed by atoms with van der Waals surface area (Å²) < 4.78 is 13.5. The Balaban J connectivity index is 2.06. The maximum Gasteiger partial charge on any atom is 0.141 e. The molecule has 1 N–H and O–H groups in total. The SMILES string of the molecule is CCCNC(c1cncc(F)c1)C1CCC(C(C)C)CC1. The van der Waals surface area contributed by atoms with E-state index in [1.165, 1.54) is 31.9 Å². The van der Waals surface area contributed by atoms with Crippen LogP contribution in [0.4, 0.5) is 4.39 Å². The Kier molecular flexibility index (Phi) is 6.16. The highest BCUT2D eigenvalue weighted by atomic mass is 19.1. The number of pyridine rings is 1. The highest BCUT2D eigenvalue weighted by Gasteiger charge is 2.29. The van der Waals surface area contributed by atoms with Gasteiger partial charge in [-0.1, -0.05) is 20.8 Å². The fourth-order valence-corrected chi connectivity index (χ4v) is 3.60. The molecule has 2 nitrogen and oxygen atoms in total. The van der Waals surface area contributed by atoms with Gasteiger partial charge in [-0.2, -0.15) is 0 Å². The predicted octanol–water partition coefficient (Wildman–Crippen LogP) is 4.72. The Bertz CT molecular complexity index is 425. The first-order valence-corrected chi connectivity index (χ1v) is 8.45. The molecule has 0 radical (unpaired) electrons. The van der Waals surface area contributed by atoms with E-state index in [4.69, 9.17) is 0 Å². The van der Waals surface area contributed by atoms with Crippen LogP contribution in [-0.2, 0) is 0 Å². The Morgan fingerprint density at radius 2 is 1.86 bits per heavy atom. The van der Waals surface area contributed by atoms with Crippen LogP contribution in [0.25, 0.3) is 0 Å². The molecule has 0 saturated heterocycles.